The second-order valence-electron chi connectivity index (χ2n) is 4.71. The van der Waals surface area contributed by atoms with Gasteiger partial charge < -0.3 is 15.8 Å². The van der Waals surface area contributed by atoms with Crippen molar-refractivity contribution in [2.24, 2.45) is 17.6 Å². The van der Waals surface area contributed by atoms with E-state index in [2.05, 4.69) is 26.1 Å². The third-order valence-electron chi connectivity index (χ3n) is 2.99. The highest BCUT2D eigenvalue weighted by atomic mass is 16.5. The maximum absolute atomic E-state index is 5.51. The van der Waals surface area contributed by atoms with Crippen molar-refractivity contribution in [2.75, 3.05) is 26.8 Å². The van der Waals surface area contributed by atoms with E-state index in [1.165, 1.54) is 0 Å². The van der Waals surface area contributed by atoms with Crippen molar-refractivity contribution in [2.45, 2.75) is 39.7 Å². The van der Waals surface area contributed by atoms with E-state index in [9.17, 15) is 0 Å². The van der Waals surface area contributed by atoms with E-state index < -0.39 is 0 Å². The van der Waals surface area contributed by atoms with Gasteiger partial charge in [-0.2, -0.15) is 0 Å². The largest absolute Gasteiger partial charge is 0.383 e. The summed E-state index contributed by atoms with van der Waals surface area (Å²) in [5.74, 6) is 1.44. The lowest BCUT2D eigenvalue weighted by Crippen LogP contribution is -2.37. The minimum absolute atomic E-state index is 0.458. The summed E-state index contributed by atoms with van der Waals surface area (Å²) in [6, 6.07) is 0.458. The molecule has 0 aromatic heterocycles. The molecule has 15 heavy (non-hydrogen) atoms. The Morgan fingerprint density at radius 1 is 1.27 bits per heavy atom. The molecule has 0 saturated heterocycles. The predicted molar refractivity (Wildman–Crippen MR) is 66.0 cm³/mol. The molecule has 0 heterocycles. The monoisotopic (exact) mass is 216 g/mol. The number of hydrogen-bond donors (Lipinski definition) is 2. The standard InChI is InChI=1S/C12H28N2O/c1-10(2)11(3)8-14-12(9-15-4)6-5-7-13/h10-12,14H,5-9,13H2,1-4H3. The van der Waals surface area contributed by atoms with Crippen LogP contribution >= 0.6 is 0 Å². The fourth-order valence-corrected chi connectivity index (χ4v) is 1.40. The molecule has 0 saturated carbocycles. The number of hydrogen-bond acceptors (Lipinski definition) is 3. The van der Waals surface area contributed by atoms with E-state index >= 15 is 0 Å². The van der Waals surface area contributed by atoms with E-state index in [4.69, 9.17) is 10.5 Å². The molecule has 0 aliphatic carbocycles. The summed E-state index contributed by atoms with van der Waals surface area (Å²) < 4.78 is 5.19. The quantitative estimate of drug-likeness (QED) is 0.616. The van der Waals surface area contributed by atoms with E-state index in [0.29, 0.717) is 12.0 Å². The van der Waals surface area contributed by atoms with Crippen LogP contribution in [0.5, 0.6) is 0 Å². The van der Waals surface area contributed by atoms with E-state index in [0.717, 1.165) is 38.5 Å². The van der Waals surface area contributed by atoms with Crippen LogP contribution in [0.25, 0.3) is 0 Å². The second-order valence-corrected chi connectivity index (χ2v) is 4.71. The normalized spacial score (nSPS) is 15.6. The predicted octanol–water partition coefficient (Wildman–Crippen LogP) is 1.62. The Bertz CT molecular complexity index is 140. The summed E-state index contributed by atoms with van der Waals surface area (Å²) in [6.45, 7) is 9.42. The van der Waals surface area contributed by atoms with Gasteiger partial charge in [-0.1, -0.05) is 20.8 Å². The summed E-state index contributed by atoms with van der Waals surface area (Å²) in [6.07, 6.45) is 2.17. The molecule has 0 amide bonds. The first-order valence-electron chi connectivity index (χ1n) is 6.04. The summed E-state index contributed by atoms with van der Waals surface area (Å²) in [4.78, 5) is 0. The fraction of sp³-hybridized carbons (Fsp3) is 1.00. The van der Waals surface area contributed by atoms with Crippen molar-refractivity contribution >= 4 is 0 Å². The molecule has 2 atom stereocenters. The number of nitrogens with two attached hydrogens (primary N) is 1. The molecular formula is C12H28N2O. The van der Waals surface area contributed by atoms with Crippen LogP contribution in [0.3, 0.4) is 0 Å². The molecule has 0 aliphatic rings. The summed E-state index contributed by atoms with van der Waals surface area (Å²) in [7, 11) is 1.75. The van der Waals surface area contributed by atoms with Crippen LogP contribution in [0, 0.1) is 11.8 Å². The van der Waals surface area contributed by atoms with Crippen LogP contribution in [0.4, 0.5) is 0 Å². The SMILES string of the molecule is COCC(CCCN)NCC(C)C(C)C. The van der Waals surface area contributed by atoms with Crippen LogP contribution < -0.4 is 11.1 Å². The third-order valence-corrected chi connectivity index (χ3v) is 2.99. The minimum Gasteiger partial charge on any atom is -0.383 e. The maximum atomic E-state index is 5.51. The Labute approximate surface area is 94.8 Å². The fourth-order valence-electron chi connectivity index (χ4n) is 1.40. The molecule has 0 bridgehead atoms. The van der Waals surface area contributed by atoms with E-state index in [1.807, 2.05) is 0 Å². The molecule has 0 radical (unpaired) electrons. The molecule has 0 aromatic rings. The van der Waals surface area contributed by atoms with Crippen LogP contribution in [-0.4, -0.2) is 32.8 Å². The Morgan fingerprint density at radius 3 is 2.40 bits per heavy atom. The van der Waals surface area contributed by atoms with Crippen molar-refractivity contribution in [1.29, 1.82) is 0 Å². The smallest absolute Gasteiger partial charge is 0.0615 e. The van der Waals surface area contributed by atoms with Gasteiger partial charge in [0.2, 0.25) is 0 Å². The molecular weight excluding hydrogens is 188 g/mol. The lowest BCUT2D eigenvalue weighted by atomic mass is 9.97. The third kappa shape index (κ3) is 7.77. The Balaban J connectivity index is 3.73. The first kappa shape index (κ1) is 14.9. The van der Waals surface area contributed by atoms with E-state index in [-0.39, 0.29) is 0 Å². The van der Waals surface area contributed by atoms with Gasteiger partial charge in [0.25, 0.3) is 0 Å². The van der Waals surface area contributed by atoms with Crippen molar-refractivity contribution in [3.63, 3.8) is 0 Å². The molecule has 0 fully saturated rings. The molecule has 0 spiro atoms. The van der Waals surface area contributed by atoms with Crippen molar-refractivity contribution < 1.29 is 4.74 Å². The van der Waals surface area contributed by atoms with Gasteiger partial charge in [-0.15, -0.1) is 0 Å². The number of ether oxygens (including phenoxy) is 1. The van der Waals surface area contributed by atoms with Crippen molar-refractivity contribution in [3.8, 4) is 0 Å². The lowest BCUT2D eigenvalue weighted by Gasteiger charge is -2.22. The molecule has 3 heteroatoms. The summed E-state index contributed by atoms with van der Waals surface area (Å²) >= 11 is 0. The van der Waals surface area contributed by atoms with Gasteiger partial charge in [0.1, 0.15) is 0 Å². The summed E-state index contributed by atoms with van der Waals surface area (Å²) in [5.41, 5.74) is 5.51. The van der Waals surface area contributed by atoms with Gasteiger partial charge >= 0.3 is 0 Å². The Morgan fingerprint density at radius 2 is 1.93 bits per heavy atom. The Hall–Kier alpha value is -0.120. The molecule has 0 rings (SSSR count). The number of methoxy groups -OCH3 is 1. The minimum atomic E-state index is 0.458. The number of rotatable bonds is 9. The van der Waals surface area contributed by atoms with Gasteiger partial charge in [0.15, 0.2) is 0 Å². The highest BCUT2D eigenvalue weighted by molar-refractivity contribution is 4.69. The number of nitrogens with one attached hydrogen (secondary N) is 1. The van der Waals surface area contributed by atoms with Gasteiger partial charge in [-0.25, -0.2) is 0 Å². The molecule has 92 valence electrons. The average molecular weight is 216 g/mol. The highest BCUT2D eigenvalue weighted by Gasteiger charge is 2.11. The first-order chi connectivity index (χ1) is 7.11. The highest BCUT2D eigenvalue weighted by Crippen LogP contribution is 2.08. The zero-order valence-electron chi connectivity index (χ0n) is 10.8. The maximum Gasteiger partial charge on any atom is 0.0615 e. The second kappa shape index (κ2) is 9.13. The Kier molecular flexibility index (Phi) is 9.06. The molecule has 3 nitrogen and oxygen atoms in total. The lowest BCUT2D eigenvalue weighted by molar-refractivity contribution is 0.158. The first-order valence-corrected chi connectivity index (χ1v) is 6.04. The molecule has 2 unspecified atom stereocenters. The van der Waals surface area contributed by atoms with Crippen LogP contribution in [0.15, 0.2) is 0 Å². The molecule has 0 aliphatic heterocycles. The zero-order chi connectivity index (χ0) is 11.7. The van der Waals surface area contributed by atoms with E-state index in [1.54, 1.807) is 7.11 Å². The van der Waals surface area contributed by atoms with Crippen molar-refractivity contribution in [3.05, 3.63) is 0 Å². The topological polar surface area (TPSA) is 47.3 Å². The summed E-state index contributed by atoms with van der Waals surface area (Å²) in [5, 5.41) is 3.56. The molecule has 0 aromatic carbocycles. The van der Waals surface area contributed by atoms with Crippen LogP contribution in [0.1, 0.15) is 33.6 Å². The van der Waals surface area contributed by atoms with Crippen molar-refractivity contribution in [1.82, 2.24) is 5.32 Å². The van der Waals surface area contributed by atoms with Gasteiger partial charge in [0.05, 0.1) is 6.61 Å². The van der Waals surface area contributed by atoms with Gasteiger partial charge in [-0.05, 0) is 37.8 Å². The van der Waals surface area contributed by atoms with Gasteiger partial charge in [0, 0.05) is 13.2 Å². The average Bonchev–Trinajstić information content (AvgIpc) is 2.21. The van der Waals surface area contributed by atoms with Crippen LogP contribution in [-0.2, 0) is 4.74 Å². The van der Waals surface area contributed by atoms with Gasteiger partial charge in [-0.3, -0.25) is 0 Å². The molecule has 3 N–H and O–H groups in total. The van der Waals surface area contributed by atoms with Crippen LogP contribution in [0.2, 0.25) is 0 Å². The zero-order valence-corrected chi connectivity index (χ0v) is 10.8.